The molecule has 1 aromatic carbocycles. The Kier molecular flexibility index (Phi) is 6.31. The lowest BCUT2D eigenvalue weighted by Crippen LogP contribution is -2.99. The van der Waals surface area contributed by atoms with Crippen molar-refractivity contribution < 1.29 is 39.3 Å². The number of carboxylic acids is 1. The van der Waals surface area contributed by atoms with Crippen LogP contribution in [0, 0.1) is 5.21 Å². The Morgan fingerprint density at radius 2 is 2.00 bits per heavy atom. The van der Waals surface area contributed by atoms with Gasteiger partial charge in [0.15, 0.2) is 17.2 Å². The Morgan fingerprint density at radius 3 is 2.56 bits per heavy atom. The summed E-state index contributed by atoms with van der Waals surface area (Å²) in [6.45, 7) is -0.339. The second-order valence-electron chi connectivity index (χ2n) is 5.05. The fourth-order valence-corrected chi connectivity index (χ4v) is 3.42. The molecule has 0 saturated carbocycles. The van der Waals surface area contributed by atoms with Crippen molar-refractivity contribution in [1.29, 1.82) is 0 Å². The van der Waals surface area contributed by atoms with Gasteiger partial charge in [0.25, 0.3) is 0 Å². The van der Waals surface area contributed by atoms with Crippen LogP contribution in [0.15, 0.2) is 12.1 Å². The van der Waals surface area contributed by atoms with Crippen LogP contribution in [0.1, 0.15) is 5.56 Å². The Balaban J connectivity index is 2.16. The van der Waals surface area contributed by atoms with Crippen molar-refractivity contribution in [2.45, 2.75) is 12.6 Å². The van der Waals surface area contributed by atoms with Crippen LogP contribution in [0.3, 0.4) is 0 Å². The van der Waals surface area contributed by atoms with Crippen LogP contribution >= 0.6 is 11.8 Å². The number of aliphatic carboxylic acids is 1. The minimum Gasteiger partial charge on any atom is -0.595 e. The summed E-state index contributed by atoms with van der Waals surface area (Å²) in [5.41, 5.74) is 0.105. The van der Waals surface area contributed by atoms with Crippen molar-refractivity contribution in [3.63, 3.8) is 0 Å². The minimum atomic E-state index is -1.22. The molecule has 1 aromatic rings. The Bertz CT molecular complexity index is 654. The number of ether oxygens (including phenoxy) is 3. The van der Waals surface area contributed by atoms with Crippen molar-refractivity contribution in [3.05, 3.63) is 22.9 Å². The molecule has 25 heavy (non-hydrogen) atoms. The van der Waals surface area contributed by atoms with Gasteiger partial charge in [0.1, 0.15) is 12.6 Å². The van der Waals surface area contributed by atoms with E-state index in [4.69, 9.17) is 19.3 Å². The summed E-state index contributed by atoms with van der Waals surface area (Å²) < 4.78 is 15.3. The Morgan fingerprint density at radius 1 is 1.36 bits per heavy atom. The molecule has 0 bridgehead atoms. The van der Waals surface area contributed by atoms with Gasteiger partial charge in [-0.2, -0.15) is 5.23 Å². The summed E-state index contributed by atoms with van der Waals surface area (Å²) in [5, 5.41) is 28.6. The van der Waals surface area contributed by atoms with E-state index in [0.29, 0.717) is 5.75 Å². The monoisotopic (exact) mass is 374 g/mol. The van der Waals surface area contributed by atoms with E-state index in [2.05, 4.69) is 0 Å². The molecule has 3 N–H and O–H groups in total. The molecule has 0 aliphatic carbocycles. The lowest BCUT2D eigenvalue weighted by atomic mass is 10.1. The first-order chi connectivity index (χ1) is 11.9. The van der Waals surface area contributed by atoms with E-state index < -0.39 is 23.3 Å². The maximum Gasteiger partial charge on any atom is 0.411 e. The number of hydrogen-bond acceptors (Lipinski definition) is 8. The normalized spacial score (nSPS) is 17.9. The van der Waals surface area contributed by atoms with Crippen molar-refractivity contribution in [1.82, 2.24) is 4.90 Å². The maximum atomic E-state index is 12.1. The second kappa shape index (κ2) is 8.25. The molecule has 0 radical (unpaired) electrons. The third kappa shape index (κ3) is 4.25. The molecule has 138 valence electrons. The second-order valence-corrected chi connectivity index (χ2v) is 6.05. The van der Waals surface area contributed by atoms with Crippen molar-refractivity contribution >= 4 is 29.5 Å². The molecule has 10 nitrogen and oxygen atoms in total. The minimum absolute atomic E-state index is 0.101. The molecular weight excluding hydrogens is 356 g/mol. The van der Waals surface area contributed by atoms with Crippen molar-refractivity contribution in [3.8, 4) is 11.5 Å². The van der Waals surface area contributed by atoms with E-state index in [0.717, 1.165) is 4.90 Å². The third-order valence-electron chi connectivity index (χ3n) is 3.59. The van der Waals surface area contributed by atoms with Crippen LogP contribution in [-0.2, 0) is 16.1 Å². The average Bonchev–Trinajstić information content (AvgIpc) is 3.08. The fourth-order valence-electron chi connectivity index (χ4n) is 2.29. The predicted molar refractivity (Wildman–Crippen MR) is 86.1 cm³/mol. The molecule has 1 aliphatic rings. The SMILES string of the molecule is COc1cc(COC(=O)N2CSCC2C(=O)O)c([NH+]([O-])O)cc1OC. The Hall–Kier alpha value is -2.21. The van der Waals surface area contributed by atoms with Gasteiger partial charge in [0.2, 0.25) is 0 Å². The van der Waals surface area contributed by atoms with E-state index in [9.17, 15) is 20.0 Å². The number of nitrogens with zero attached hydrogens (tertiary/aromatic N) is 1. The van der Waals surface area contributed by atoms with E-state index in [1.54, 1.807) is 0 Å². The molecule has 2 atom stereocenters. The number of carboxylic acid groups (broad SMARTS) is 1. The van der Waals surface area contributed by atoms with Gasteiger partial charge >= 0.3 is 12.1 Å². The highest BCUT2D eigenvalue weighted by atomic mass is 32.2. The number of methoxy groups -OCH3 is 2. The smallest absolute Gasteiger partial charge is 0.411 e. The number of rotatable bonds is 6. The number of benzene rings is 1. The van der Waals surface area contributed by atoms with E-state index in [1.165, 1.54) is 38.1 Å². The molecule has 1 saturated heterocycles. The summed E-state index contributed by atoms with van der Waals surface area (Å²) in [5.74, 6) is -0.107. The van der Waals surface area contributed by atoms with Crippen molar-refractivity contribution in [2.24, 2.45) is 0 Å². The first-order valence-electron chi connectivity index (χ1n) is 7.11. The molecule has 0 spiro atoms. The molecule has 0 aromatic heterocycles. The first-order valence-corrected chi connectivity index (χ1v) is 8.26. The number of hydrogen-bond donors (Lipinski definition) is 3. The van der Waals surface area contributed by atoms with Crippen LogP contribution in [-0.4, -0.2) is 59.2 Å². The van der Waals surface area contributed by atoms with Gasteiger partial charge in [0.05, 0.1) is 25.7 Å². The van der Waals surface area contributed by atoms with Gasteiger partial charge in [-0.05, 0) is 6.07 Å². The summed E-state index contributed by atoms with van der Waals surface area (Å²) >= 11 is 1.30. The van der Waals surface area contributed by atoms with Crippen LogP contribution < -0.4 is 14.7 Å². The molecule has 2 rings (SSSR count). The highest BCUT2D eigenvalue weighted by molar-refractivity contribution is 7.99. The molecule has 2 unspecified atom stereocenters. The fraction of sp³-hybridized carbons (Fsp3) is 0.429. The lowest BCUT2D eigenvalue weighted by molar-refractivity contribution is -0.991. The van der Waals surface area contributed by atoms with Gasteiger partial charge in [-0.3, -0.25) is 4.90 Å². The van der Waals surface area contributed by atoms with Crippen LogP contribution in [0.4, 0.5) is 10.5 Å². The quantitative estimate of drug-likeness (QED) is 0.597. The van der Waals surface area contributed by atoms with Gasteiger partial charge in [0, 0.05) is 11.8 Å². The number of nitrogens with one attached hydrogen (secondary N) is 1. The highest BCUT2D eigenvalue weighted by Gasteiger charge is 2.35. The summed E-state index contributed by atoms with van der Waals surface area (Å²) in [4.78, 5) is 24.3. The van der Waals surface area contributed by atoms with Gasteiger partial charge < -0.3 is 24.5 Å². The largest absolute Gasteiger partial charge is 0.595 e. The first kappa shape index (κ1) is 19.1. The number of quaternary nitrogens is 1. The maximum absolute atomic E-state index is 12.1. The Labute approximate surface area is 147 Å². The van der Waals surface area contributed by atoms with Crippen molar-refractivity contribution in [2.75, 3.05) is 25.8 Å². The van der Waals surface area contributed by atoms with Gasteiger partial charge in [-0.25, -0.2) is 14.8 Å². The third-order valence-corrected chi connectivity index (χ3v) is 4.61. The van der Waals surface area contributed by atoms with E-state index in [-0.39, 0.29) is 35.2 Å². The molecule has 1 amide bonds. The molecular formula is C14H18N2O8S. The zero-order valence-corrected chi connectivity index (χ0v) is 14.4. The highest BCUT2D eigenvalue weighted by Crippen LogP contribution is 2.32. The van der Waals surface area contributed by atoms with Gasteiger partial charge in [-0.1, -0.05) is 0 Å². The molecule has 11 heteroatoms. The lowest BCUT2D eigenvalue weighted by Gasteiger charge is -2.21. The zero-order chi connectivity index (χ0) is 18.6. The molecule has 1 heterocycles. The van der Waals surface area contributed by atoms with E-state index >= 15 is 0 Å². The average molecular weight is 374 g/mol. The zero-order valence-electron chi connectivity index (χ0n) is 13.6. The van der Waals surface area contributed by atoms with Crippen LogP contribution in [0.25, 0.3) is 0 Å². The summed E-state index contributed by atoms with van der Waals surface area (Å²) in [7, 11) is 2.77. The number of amides is 1. The van der Waals surface area contributed by atoms with E-state index in [1.807, 2.05) is 0 Å². The summed E-state index contributed by atoms with van der Waals surface area (Å²) in [6, 6.07) is 1.72. The number of thioether (sulfide) groups is 1. The van der Waals surface area contributed by atoms with Crippen LogP contribution in [0.2, 0.25) is 0 Å². The number of carbonyl (C=O) groups is 2. The number of carbonyl (C=O) groups excluding carboxylic acids is 1. The molecule has 1 fully saturated rings. The van der Waals surface area contributed by atoms with Crippen LogP contribution in [0.5, 0.6) is 11.5 Å². The molecule has 1 aliphatic heterocycles. The predicted octanol–water partition coefficient (Wildman–Crippen LogP) is 0.203. The standard InChI is InChI=1S/C14H18N2O8S/c1-22-11-3-8(9(16(20)21)4-12(11)23-2)5-24-14(19)15-7-25-6-10(15)13(17)18/h3-4,10,16,20H,5-7H2,1-2H3,(H,17,18). The summed E-state index contributed by atoms with van der Waals surface area (Å²) in [6.07, 6.45) is -0.816. The topological polar surface area (TPSA) is 133 Å². The van der Waals surface area contributed by atoms with Gasteiger partial charge in [-0.15, -0.1) is 11.8 Å².